The van der Waals surface area contributed by atoms with Crippen molar-refractivity contribution in [2.24, 2.45) is 0 Å². The number of aromatic nitrogens is 1. The summed E-state index contributed by atoms with van der Waals surface area (Å²) in [6.07, 6.45) is 0.804. The maximum absolute atomic E-state index is 5.96. The van der Waals surface area contributed by atoms with Gasteiger partial charge < -0.3 is 9.73 Å². The van der Waals surface area contributed by atoms with Crippen LogP contribution < -0.4 is 5.32 Å². The molecule has 0 fully saturated rings. The van der Waals surface area contributed by atoms with E-state index >= 15 is 0 Å². The monoisotopic (exact) mass is 272 g/mol. The molecule has 0 unspecified atom stereocenters. The van der Waals surface area contributed by atoms with Crippen LogP contribution in [0.4, 0.5) is 6.01 Å². The van der Waals surface area contributed by atoms with Gasteiger partial charge in [0.05, 0.1) is 5.54 Å². The molecule has 0 aliphatic carbocycles. The predicted molar refractivity (Wildman–Crippen MR) is 72.1 cm³/mol. The van der Waals surface area contributed by atoms with Crippen LogP contribution in [0.2, 0.25) is 0 Å². The van der Waals surface area contributed by atoms with Gasteiger partial charge in [-0.05, 0) is 18.6 Å². The van der Waals surface area contributed by atoms with Gasteiger partial charge in [0.25, 0.3) is 6.01 Å². The van der Waals surface area contributed by atoms with Crippen molar-refractivity contribution in [3.05, 3.63) is 24.3 Å². The summed E-state index contributed by atoms with van der Waals surface area (Å²) >= 11 is 11.9. The van der Waals surface area contributed by atoms with Crippen LogP contribution in [0.1, 0.15) is 13.3 Å². The number of anilines is 1. The number of hydrogen-bond donors (Lipinski definition) is 1. The second-order valence-electron chi connectivity index (χ2n) is 4.01. The van der Waals surface area contributed by atoms with E-state index in [2.05, 4.69) is 10.3 Å². The quantitative estimate of drug-likeness (QED) is 0.840. The lowest BCUT2D eigenvalue weighted by atomic mass is 10.0. The molecule has 0 atom stereocenters. The van der Waals surface area contributed by atoms with Crippen molar-refractivity contribution in [3.8, 4) is 0 Å². The summed E-state index contributed by atoms with van der Waals surface area (Å²) in [5, 5.41) is 3.19. The average molecular weight is 273 g/mol. The van der Waals surface area contributed by atoms with Crippen LogP contribution in [0, 0.1) is 0 Å². The third-order valence-corrected chi connectivity index (χ3v) is 3.88. The number of para-hydroxylation sites is 2. The lowest BCUT2D eigenvalue weighted by molar-refractivity contribution is 0.517. The Morgan fingerprint density at radius 1 is 1.29 bits per heavy atom. The molecule has 92 valence electrons. The molecular weight excluding hydrogens is 259 g/mol. The standard InChI is InChI=1S/C12H14Cl2N2O/c1-2-12(7-13,8-14)16-11-15-9-5-3-4-6-10(9)17-11/h3-6H,2,7-8H2,1H3,(H,15,16). The molecule has 2 aromatic rings. The zero-order valence-electron chi connectivity index (χ0n) is 9.54. The van der Waals surface area contributed by atoms with Gasteiger partial charge in [-0.1, -0.05) is 19.1 Å². The minimum absolute atomic E-state index is 0.371. The summed E-state index contributed by atoms with van der Waals surface area (Å²) in [4.78, 5) is 4.35. The summed E-state index contributed by atoms with van der Waals surface area (Å²) in [7, 11) is 0. The van der Waals surface area contributed by atoms with Crippen LogP contribution in [0.5, 0.6) is 0 Å². The fourth-order valence-corrected chi connectivity index (χ4v) is 2.33. The normalized spacial score (nSPS) is 11.9. The average Bonchev–Trinajstić information content (AvgIpc) is 2.78. The van der Waals surface area contributed by atoms with Crippen molar-refractivity contribution >= 4 is 40.3 Å². The van der Waals surface area contributed by atoms with Crippen molar-refractivity contribution in [3.63, 3.8) is 0 Å². The first-order chi connectivity index (χ1) is 8.23. The number of nitrogens with zero attached hydrogens (tertiary/aromatic N) is 1. The molecule has 0 bridgehead atoms. The van der Waals surface area contributed by atoms with Crippen molar-refractivity contribution < 1.29 is 4.42 Å². The van der Waals surface area contributed by atoms with Crippen LogP contribution in [0.15, 0.2) is 28.7 Å². The second kappa shape index (κ2) is 5.15. The molecule has 2 rings (SSSR count). The summed E-state index contributed by atoms with van der Waals surface area (Å²) in [5.41, 5.74) is 1.21. The number of alkyl halides is 2. The second-order valence-corrected chi connectivity index (χ2v) is 4.55. The molecule has 0 amide bonds. The van der Waals surface area contributed by atoms with E-state index in [1.807, 2.05) is 31.2 Å². The van der Waals surface area contributed by atoms with E-state index in [1.165, 1.54) is 0 Å². The summed E-state index contributed by atoms with van der Waals surface area (Å²) in [5.74, 6) is 0.817. The fraction of sp³-hybridized carbons (Fsp3) is 0.417. The number of oxazole rings is 1. The van der Waals surface area contributed by atoms with Crippen LogP contribution in [0.3, 0.4) is 0 Å². The lowest BCUT2D eigenvalue weighted by Gasteiger charge is -2.28. The molecule has 0 spiro atoms. The van der Waals surface area contributed by atoms with E-state index in [1.54, 1.807) is 0 Å². The van der Waals surface area contributed by atoms with Gasteiger partial charge in [-0.2, -0.15) is 4.98 Å². The number of benzene rings is 1. The number of nitrogens with one attached hydrogen (secondary N) is 1. The van der Waals surface area contributed by atoms with Crippen molar-refractivity contribution in [2.75, 3.05) is 17.1 Å². The molecule has 0 aliphatic heterocycles. The maximum Gasteiger partial charge on any atom is 0.296 e. The predicted octanol–water partition coefficient (Wildman–Crippen LogP) is 3.87. The number of halogens is 2. The minimum Gasteiger partial charge on any atom is -0.424 e. The Kier molecular flexibility index (Phi) is 3.79. The lowest BCUT2D eigenvalue weighted by Crippen LogP contribution is -2.41. The maximum atomic E-state index is 5.96. The first-order valence-electron chi connectivity index (χ1n) is 5.49. The van der Waals surface area contributed by atoms with E-state index in [4.69, 9.17) is 27.6 Å². The third-order valence-electron chi connectivity index (χ3n) is 2.85. The Morgan fingerprint density at radius 3 is 2.59 bits per heavy atom. The van der Waals surface area contributed by atoms with E-state index in [9.17, 15) is 0 Å². The Morgan fingerprint density at radius 2 is 2.00 bits per heavy atom. The summed E-state index contributed by atoms with van der Waals surface area (Å²) < 4.78 is 5.59. The minimum atomic E-state index is -0.371. The fourth-order valence-electron chi connectivity index (χ4n) is 1.53. The van der Waals surface area contributed by atoms with Gasteiger partial charge in [0, 0.05) is 11.8 Å². The van der Waals surface area contributed by atoms with Crippen LogP contribution in [-0.4, -0.2) is 22.3 Å². The molecule has 3 nitrogen and oxygen atoms in total. The van der Waals surface area contributed by atoms with Crippen molar-refractivity contribution in [1.82, 2.24) is 4.98 Å². The van der Waals surface area contributed by atoms with E-state index in [0.717, 1.165) is 17.5 Å². The molecule has 0 saturated carbocycles. The van der Waals surface area contributed by atoms with E-state index < -0.39 is 0 Å². The zero-order chi connectivity index (χ0) is 12.3. The number of rotatable bonds is 5. The zero-order valence-corrected chi connectivity index (χ0v) is 11.1. The molecule has 1 aromatic heterocycles. The van der Waals surface area contributed by atoms with Gasteiger partial charge in [0.15, 0.2) is 5.58 Å². The largest absolute Gasteiger partial charge is 0.424 e. The van der Waals surface area contributed by atoms with Crippen molar-refractivity contribution in [2.45, 2.75) is 18.9 Å². The van der Waals surface area contributed by atoms with Gasteiger partial charge in [-0.15, -0.1) is 23.2 Å². The highest BCUT2D eigenvalue weighted by atomic mass is 35.5. The van der Waals surface area contributed by atoms with Crippen LogP contribution in [0.25, 0.3) is 11.1 Å². The summed E-state index contributed by atoms with van der Waals surface area (Å²) in [6.45, 7) is 2.03. The highest BCUT2D eigenvalue weighted by molar-refractivity contribution is 6.22. The van der Waals surface area contributed by atoms with Gasteiger partial charge >= 0.3 is 0 Å². The Balaban J connectivity index is 2.28. The summed E-state index contributed by atoms with van der Waals surface area (Å²) in [6, 6.07) is 8.08. The molecule has 5 heteroatoms. The highest BCUT2D eigenvalue weighted by Gasteiger charge is 2.27. The van der Waals surface area contributed by atoms with Gasteiger partial charge in [-0.3, -0.25) is 0 Å². The molecule has 0 saturated heterocycles. The molecule has 1 heterocycles. The Hall–Kier alpha value is -0.930. The molecule has 1 N–H and O–H groups in total. The first-order valence-corrected chi connectivity index (χ1v) is 6.55. The molecular formula is C12H14Cl2N2O. The van der Waals surface area contributed by atoms with Crippen LogP contribution in [-0.2, 0) is 0 Å². The molecule has 0 radical (unpaired) electrons. The molecule has 17 heavy (non-hydrogen) atoms. The smallest absolute Gasteiger partial charge is 0.296 e. The van der Waals surface area contributed by atoms with Crippen LogP contribution >= 0.6 is 23.2 Å². The van der Waals surface area contributed by atoms with Gasteiger partial charge in [-0.25, -0.2) is 0 Å². The molecule has 0 aliphatic rings. The van der Waals surface area contributed by atoms with Gasteiger partial charge in [0.2, 0.25) is 0 Å². The molecule has 1 aromatic carbocycles. The third kappa shape index (κ3) is 2.50. The van der Waals surface area contributed by atoms with E-state index in [0.29, 0.717) is 17.8 Å². The Bertz CT molecular complexity index is 453. The Labute approximate surface area is 110 Å². The SMILES string of the molecule is CCC(CCl)(CCl)Nc1nc2ccccc2o1. The number of hydrogen-bond acceptors (Lipinski definition) is 3. The highest BCUT2D eigenvalue weighted by Crippen LogP contribution is 2.24. The topological polar surface area (TPSA) is 38.1 Å². The first kappa shape index (κ1) is 12.5. The van der Waals surface area contributed by atoms with Gasteiger partial charge in [0.1, 0.15) is 5.52 Å². The number of fused-ring (bicyclic) bond motifs is 1. The van der Waals surface area contributed by atoms with E-state index in [-0.39, 0.29) is 5.54 Å². The van der Waals surface area contributed by atoms with Crippen molar-refractivity contribution in [1.29, 1.82) is 0 Å².